The number of nitrogens with one attached hydrogen (secondary N) is 2. The molecule has 124 valence electrons. The van der Waals surface area contributed by atoms with Crippen LogP contribution in [-0.4, -0.2) is 47.6 Å². The molecule has 0 saturated heterocycles. The minimum absolute atomic E-state index is 0.208. The number of hydrogen-bond donors (Lipinski definition) is 2. The van der Waals surface area contributed by atoms with Crippen LogP contribution in [0.2, 0.25) is 0 Å². The number of carbonyl (C=O) groups excluding carboxylic acids is 1. The van der Waals surface area contributed by atoms with E-state index in [0.717, 1.165) is 30.9 Å². The molecule has 1 aromatic carbocycles. The fourth-order valence-electron chi connectivity index (χ4n) is 2.16. The molecule has 7 heteroatoms. The van der Waals surface area contributed by atoms with E-state index in [1.54, 1.807) is 11.8 Å². The summed E-state index contributed by atoms with van der Waals surface area (Å²) in [6.45, 7) is 6.18. The smallest absolute Gasteiger partial charge is 0.273 e. The first-order valence-electron chi connectivity index (χ1n) is 7.73. The summed E-state index contributed by atoms with van der Waals surface area (Å²) in [5.74, 6) is 0.560. The Morgan fingerprint density at radius 2 is 1.96 bits per heavy atom. The van der Waals surface area contributed by atoms with Crippen LogP contribution in [0.15, 0.2) is 24.3 Å². The first-order chi connectivity index (χ1) is 11.2. The highest BCUT2D eigenvalue weighted by Gasteiger charge is 2.16. The molecule has 0 spiro atoms. The highest BCUT2D eigenvalue weighted by atomic mass is 16.5. The van der Waals surface area contributed by atoms with Gasteiger partial charge in [-0.25, -0.2) is 4.68 Å². The number of rotatable bonds is 8. The summed E-state index contributed by atoms with van der Waals surface area (Å²) in [6, 6.07) is 7.43. The zero-order chi connectivity index (χ0) is 16.7. The average molecular weight is 317 g/mol. The molecular weight excluding hydrogens is 294 g/mol. The second kappa shape index (κ2) is 8.28. The molecule has 2 rings (SSSR count). The molecule has 0 aliphatic carbocycles. The number of methoxy groups -OCH3 is 1. The van der Waals surface area contributed by atoms with Gasteiger partial charge in [0, 0.05) is 13.1 Å². The van der Waals surface area contributed by atoms with E-state index in [1.807, 2.05) is 31.2 Å². The SMILES string of the molecule is CCCNCCNC(=O)c1nnn(-c2ccc(OC)cc2)c1C. The summed E-state index contributed by atoms with van der Waals surface area (Å²) in [5, 5.41) is 14.1. The maximum Gasteiger partial charge on any atom is 0.273 e. The Morgan fingerprint density at radius 1 is 1.22 bits per heavy atom. The van der Waals surface area contributed by atoms with Crippen LogP contribution in [-0.2, 0) is 0 Å². The Morgan fingerprint density at radius 3 is 2.61 bits per heavy atom. The summed E-state index contributed by atoms with van der Waals surface area (Å²) in [7, 11) is 1.62. The maximum atomic E-state index is 12.2. The van der Waals surface area contributed by atoms with Crippen molar-refractivity contribution in [2.24, 2.45) is 0 Å². The van der Waals surface area contributed by atoms with Crippen molar-refractivity contribution in [3.63, 3.8) is 0 Å². The van der Waals surface area contributed by atoms with Crippen molar-refractivity contribution in [1.29, 1.82) is 0 Å². The van der Waals surface area contributed by atoms with E-state index < -0.39 is 0 Å². The van der Waals surface area contributed by atoms with Gasteiger partial charge >= 0.3 is 0 Å². The van der Waals surface area contributed by atoms with Gasteiger partial charge < -0.3 is 15.4 Å². The average Bonchev–Trinajstić information content (AvgIpc) is 2.96. The molecule has 0 bridgehead atoms. The molecular formula is C16H23N5O2. The molecule has 1 heterocycles. The van der Waals surface area contributed by atoms with Crippen LogP contribution in [0.25, 0.3) is 5.69 Å². The highest BCUT2D eigenvalue weighted by Crippen LogP contribution is 2.16. The predicted octanol–water partition coefficient (Wildman–Crippen LogP) is 1.31. The molecule has 0 fully saturated rings. The van der Waals surface area contributed by atoms with Crippen molar-refractivity contribution in [2.75, 3.05) is 26.7 Å². The monoisotopic (exact) mass is 317 g/mol. The predicted molar refractivity (Wildman–Crippen MR) is 88.1 cm³/mol. The molecule has 1 amide bonds. The van der Waals surface area contributed by atoms with Gasteiger partial charge in [-0.1, -0.05) is 12.1 Å². The van der Waals surface area contributed by atoms with Gasteiger partial charge in [0.2, 0.25) is 0 Å². The number of hydrogen-bond acceptors (Lipinski definition) is 5. The largest absolute Gasteiger partial charge is 0.497 e. The van der Waals surface area contributed by atoms with Crippen LogP contribution in [0.3, 0.4) is 0 Å². The molecule has 23 heavy (non-hydrogen) atoms. The van der Waals surface area contributed by atoms with Gasteiger partial charge in [-0.15, -0.1) is 5.10 Å². The molecule has 2 aromatic rings. The molecule has 0 aliphatic rings. The zero-order valence-electron chi connectivity index (χ0n) is 13.8. The minimum atomic E-state index is -0.208. The summed E-state index contributed by atoms with van der Waals surface area (Å²) in [6.07, 6.45) is 1.07. The first-order valence-corrected chi connectivity index (χ1v) is 7.73. The fourth-order valence-corrected chi connectivity index (χ4v) is 2.16. The van der Waals surface area contributed by atoms with E-state index in [-0.39, 0.29) is 5.91 Å². The quantitative estimate of drug-likeness (QED) is 0.718. The second-order valence-corrected chi connectivity index (χ2v) is 5.14. The topological polar surface area (TPSA) is 81.1 Å². The number of ether oxygens (including phenoxy) is 1. The Labute approximate surface area is 136 Å². The third-order valence-corrected chi connectivity index (χ3v) is 3.44. The van der Waals surface area contributed by atoms with Crippen molar-refractivity contribution in [3.8, 4) is 11.4 Å². The number of aromatic nitrogens is 3. The molecule has 0 unspecified atom stereocenters. The molecule has 0 radical (unpaired) electrons. The number of amides is 1. The molecule has 2 N–H and O–H groups in total. The van der Waals surface area contributed by atoms with Crippen LogP contribution >= 0.6 is 0 Å². The van der Waals surface area contributed by atoms with Gasteiger partial charge in [-0.05, 0) is 44.2 Å². The lowest BCUT2D eigenvalue weighted by atomic mass is 10.2. The van der Waals surface area contributed by atoms with Crippen LogP contribution < -0.4 is 15.4 Å². The lowest BCUT2D eigenvalue weighted by Gasteiger charge is -2.06. The summed E-state index contributed by atoms with van der Waals surface area (Å²) < 4.78 is 6.78. The standard InChI is InChI=1S/C16H23N5O2/c1-4-9-17-10-11-18-16(22)15-12(2)21(20-19-15)13-5-7-14(23-3)8-6-13/h5-8,17H,4,9-11H2,1-3H3,(H,18,22). The lowest BCUT2D eigenvalue weighted by molar-refractivity contribution is 0.0948. The molecule has 7 nitrogen and oxygen atoms in total. The van der Waals surface area contributed by atoms with E-state index in [4.69, 9.17) is 4.74 Å². The maximum absolute atomic E-state index is 12.2. The molecule has 1 aromatic heterocycles. The van der Waals surface area contributed by atoms with Crippen molar-refractivity contribution in [2.45, 2.75) is 20.3 Å². The summed E-state index contributed by atoms with van der Waals surface area (Å²) in [5.41, 5.74) is 1.88. The van der Waals surface area contributed by atoms with Gasteiger partial charge in [0.15, 0.2) is 5.69 Å². The van der Waals surface area contributed by atoms with E-state index in [2.05, 4.69) is 27.9 Å². The molecule has 0 saturated carbocycles. The van der Waals surface area contributed by atoms with Crippen LogP contribution in [0, 0.1) is 6.92 Å². The normalized spacial score (nSPS) is 10.6. The zero-order valence-corrected chi connectivity index (χ0v) is 13.8. The van der Waals surface area contributed by atoms with E-state index in [9.17, 15) is 4.79 Å². The highest BCUT2D eigenvalue weighted by molar-refractivity contribution is 5.93. The van der Waals surface area contributed by atoms with Crippen LogP contribution in [0.5, 0.6) is 5.75 Å². The Bertz CT molecular complexity index is 636. The van der Waals surface area contributed by atoms with Crippen molar-refractivity contribution in [3.05, 3.63) is 35.7 Å². The fraction of sp³-hybridized carbons (Fsp3) is 0.438. The Balaban J connectivity index is 2.01. The third kappa shape index (κ3) is 4.29. The molecule has 0 aliphatic heterocycles. The van der Waals surface area contributed by atoms with E-state index >= 15 is 0 Å². The summed E-state index contributed by atoms with van der Waals surface area (Å²) in [4.78, 5) is 12.2. The van der Waals surface area contributed by atoms with Crippen LogP contribution in [0.1, 0.15) is 29.5 Å². The van der Waals surface area contributed by atoms with Crippen molar-refractivity contribution < 1.29 is 9.53 Å². The van der Waals surface area contributed by atoms with Gasteiger partial charge in [0.1, 0.15) is 5.75 Å². The van der Waals surface area contributed by atoms with E-state index in [1.165, 1.54) is 0 Å². The van der Waals surface area contributed by atoms with Gasteiger partial charge in [-0.2, -0.15) is 0 Å². The molecule has 0 atom stereocenters. The van der Waals surface area contributed by atoms with Gasteiger partial charge in [0.25, 0.3) is 5.91 Å². The lowest BCUT2D eigenvalue weighted by Crippen LogP contribution is -2.32. The number of nitrogens with zero attached hydrogens (tertiary/aromatic N) is 3. The van der Waals surface area contributed by atoms with Crippen molar-refractivity contribution in [1.82, 2.24) is 25.6 Å². The van der Waals surface area contributed by atoms with Crippen molar-refractivity contribution >= 4 is 5.91 Å². The summed E-state index contributed by atoms with van der Waals surface area (Å²) >= 11 is 0. The number of carbonyl (C=O) groups is 1. The second-order valence-electron chi connectivity index (χ2n) is 5.14. The Hall–Kier alpha value is -2.41. The van der Waals surface area contributed by atoms with E-state index in [0.29, 0.717) is 17.9 Å². The number of benzene rings is 1. The van der Waals surface area contributed by atoms with Gasteiger partial charge in [-0.3, -0.25) is 4.79 Å². The first kappa shape index (κ1) is 17.0. The van der Waals surface area contributed by atoms with Crippen LogP contribution in [0.4, 0.5) is 0 Å². The third-order valence-electron chi connectivity index (χ3n) is 3.44. The minimum Gasteiger partial charge on any atom is -0.497 e. The Kier molecular flexibility index (Phi) is 6.10. The van der Waals surface area contributed by atoms with Gasteiger partial charge in [0.05, 0.1) is 18.5 Å².